The van der Waals surface area contributed by atoms with E-state index in [0.717, 1.165) is 6.42 Å². The van der Waals surface area contributed by atoms with Crippen molar-refractivity contribution in [2.45, 2.75) is 20.3 Å². The Morgan fingerprint density at radius 2 is 2.30 bits per heavy atom. The summed E-state index contributed by atoms with van der Waals surface area (Å²) < 4.78 is 0. The molecule has 1 aromatic heterocycles. The molecule has 0 amide bonds. The van der Waals surface area contributed by atoms with E-state index in [9.17, 15) is 0 Å². The molecule has 0 radical (unpaired) electrons. The molecule has 0 fully saturated rings. The molecule has 0 saturated carbocycles. The first-order chi connectivity index (χ1) is 11.0. The topological polar surface area (TPSA) is 90.0 Å². The van der Waals surface area contributed by atoms with E-state index >= 15 is 0 Å². The van der Waals surface area contributed by atoms with E-state index in [4.69, 9.17) is 11.0 Å². The quantitative estimate of drug-likeness (QED) is 0.566. The van der Waals surface area contributed by atoms with Crippen molar-refractivity contribution < 1.29 is 0 Å². The highest BCUT2D eigenvalue weighted by Crippen LogP contribution is 2.21. The van der Waals surface area contributed by atoms with Gasteiger partial charge in [-0.1, -0.05) is 24.8 Å². The zero-order chi connectivity index (χ0) is 16.8. The fourth-order valence-electron chi connectivity index (χ4n) is 2.32. The first kappa shape index (κ1) is 16.4. The van der Waals surface area contributed by atoms with Gasteiger partial charge in [0, 0.05) is 35.6 Å². The maximum Gasteiger partial charge on any atom is 0.118 e. The number of benzene rings is 1. The molecule has 0 aliphatic carbocycles. The Labute approximate surface area is 136 Å². The molecule has 118 valence electrons. The van der Waals surface area contributed by atoms with Gasteiger partial charge in [0.05, 0.1) is 5.57 Å². The average molecular weight is 307 g/mol. The number of aryl methyl sites for hydroxylation is 1. The van der Waals surface area contributed by atoms with E-state index in [-0.39, 0.29) is 0 Å². The number of fused-ring (bicyclic) bond motifs is 1. The standard InChI is InChI=1S/C18H21N5/c1-12-5-4-6-17-15(10-23-18(12)17)7-8-21-14(3)22-11-16(9-19)13(2)20/h4-6,10-11,21,23H,3,7-8,20H2,1-2H3/b16-13+,22-11?. The van der Waals surface area contributed by atoms with Gasteiger partial charge in [0.15, 0.2) is 0 Å². The largest absolute Gasteiger partial charge is 0.401 e. The fourth-order valence-corrected chi connectivity index (χ4v) is 2.32. The molecule has 1 aromatic carbocycles. The van der Waals surface area contributed by atoms with E-state index in [1.165, 1.54) is 28.2 Å². The molecule has 1 heterocycles. The lowest BCUT2D eigenvalue weighted by Gasteiger charge is -2.05. The molecule has 4 N–H and O–H groups in total. The van der Waals surface area contributed by atoms with Crippen LogP contribution in [0.4, 0.5) is 0 Å². The number of hydrogen-bond acceptors (Lipinski definition) is 4. The Kier molecular flexibility index (Phi) is 5.21. The van der Waals surface area contributed by atoms with Crippen LogP contribution in [-0.4, -0.2) is 17.7 Å². The van der Waals surface area contributed by atoms with Crippen molar-refractivity contribution in [2.75, 3.05) is 6.54 Å². The van der Waals surface area contributed by atoms with Gasteiger partial charge in [-0.05, 0) is 31.4 Å². The molecule has 5 nitrogen and oxygen atoms in total. The lowest BCUT2D eigenvalue weighted by molar-refractivity contribution is 0.786. The van der Waals surface area contributed by atoms with Gasteiger partial charge in [-0.3, -0.25) is 0 Å². The molecule has 0 spiro atoms. The molecule has 2 aromatic rings. The molecule has 5 heteroatoms. The zero-order valence-electron chi connectivity index (χ0n) is 13.5. The van der Waals surface area contributed by atoms with Crippen LogP contribution in [0.3, 0.4) is 0 Å². The average Bonchev–Trinajstić information content (AvgIpc) is 2.92. The number of H-pyrrole nitrogens is 1. The summed E-state index contributed by atoms with van der Waals surface area (Å²) in [7, 11) is 0. The van der Waals surface area contributed by atoms with Crippen LogP contribution in [0.25, 0.3) is 10.9 Å². The number of nitrogens with two attached hydrogens (primary N) is 1. The molecular weight excluding hydrogens is 286 g/mol. The van der Waals surface area contributed by atoms with Crippen molar-refractivity contribution in [2.24, 2.45) is 10.7 Å². The van der Waals surface area contributed by atoms with E-state index in [2.05, 4.69) is 47.0 Å². The molecule has 0 aliphatic heterocycles. The Morgan fingerprint density at radius 3 is 3.00 bits per heavy atom. The third kappa shape index (κ3) is 4.01. The van der Waals surface area contributed by atoms with Gasteiger partial charge in [-0.2, -0.15) is 5.26 Å². The molecule has 2 rings (SSSR count). The summed E-state index contributed by atoms with van der Waals surface area (Å²) >= 11 is 0. The summed E-state index contributed by atoms with van der Waals surface area (Å²) in [5, 5.41) is 13.3. The summed E-state index contributed by atoms with van der Waals surface area (Å²) in [6.07, 6.45) is 4.33. The Bertz CT molecular complexity index is 814. The number of rotatable bonds is 6. The van der Waals surface area contributed by atoms with Gasteiger partial charge in [0.1, 0.15) is 11.9 Å². The molecule has 0 atom stereocenters. The van der Waals surface area contributed by atoms with Crippen molar-refractivity contribution in [3.05, 3.63) is 59.2 Å². The van der Waals surface area contributed by atoms with Gasteiger partial charge in [-0.25, -0.2) is 4.99 Å². The lowest BCUT2D eigenvalue weighted by Crippen LogP contribution is -2.15. The summed E-state index contributed by atoms with van der Waals surface area (Å²) in [4.78, 5) is 7.43. The molecule has 23 heavy (non-hydrogen) atoms. The van der Waals surface area contributed by atoms with Crippen LogP contribution in [0.1, 0.15) is 18.1 Å². The van der Waals surface area contributed by atoms with Crippen LogP contribution in [0.15, 0.2) is 53.1 Å². The van der Waals surface area contributed by atoms with E-state index in [1.807, 2.05) is 12.3 Å². The second-order valence-corrected chi connectivity index (χ2v) is 5.40. The number of nitrogens with one attached hydrogen (secondary N) is 2. The maximum absolute atomic E-state index is 8.90. The van der Waals surface area contributed by atoms with Crippen molar-refractivity contribution in [3.63, 3.8) is 0 Å². The summed E-state index contributed by atoms with van der Waals surface area (Å²) in [5.41, 5.74) is 10.0. The van der Waals surface area contributed by atoms with Crippen molar-refractivity contribution in [1.29, 1.82) is 5.26 Å². The Morgan fingerprint density at radius 1 is 1.52 bits per heavy atom. The molecular formula is C18H21N5. The smallest absolute Gasteiger partial charge is 0.118 e. The van der Waals surface area contributed by atoms with Crippen molar-refractivity contribution >= 4 is 17.1 Å². The van der Waals surface area contributed by atoms with Crippen LogP contribution < -0.4 is 11.1 Å². The highest BCUT2D eigenvalue weighted by atomic mass is 15.0. The highest BCUT2D eigenvalue weighted by molar-refractivity contribution is 5.86. The van der Waals surface area contributed by atoms with E-state index in [0.29, 0.717) is 23.6 Å². The van der Waals surface area contributed by atoms with Gasteiger partial charge in [-0.15, -0.1) is 0 Å². The predicted molar refractivity (Wildman–Crippen MR) is 94.9 cm³/mol. The molecule has 0 bridgehead atoms. The Balaban J connectivity index is 1.93. The molecule has 0 unspecified atom stereocenters. The third-order valence-electron chi connectivity index (χ3n) is 3.63. The number of aromatic amines is 1. The van der Waals surface area contributed by atoms with Crippen molar-refractivity contribution in [3.8, 4) is 6.07 Å². The minimum Gasteiger partial charge on any atom is -0.401 e. The van der Waals surface area contributed by atoms with Crippen molar-refractivity contribution in [1.82, 2.24) is 10.3 Å². The number of hydrogen-bond donors (Lipinski definition) is 3. The van der Waals surface area contributed by atoms with Crippen LogP contribution in [-0.2, 0) is 6.42 Å². The van der Waals surface area contributed by atoms with Gasteiger partial charge < -0.3 is 16.0 Å². The summed E-state index contributed by atoms with van der Waals surface area (Å²) in [5.74, 6) is 0.509. The maximum atomic E-state index is 8.90. The van der Waals surface area contributed by atoms with Crippen LogP contribution in [0.5, 0.6) is 0 Å². The number of para-hydroxylation sites is 1. The number of allylic oxidation sites excluding steroid dienone is 2. The van der Waals surface area contributed by atoms with Gasteiger partial charge >= 0.3 is 0 Å². The minimum atomic E-state index is 0.347. The van der Waals surface area contributed by atoms with Gasteiger partial charge in [0.2, 0.25) is 0 Å². The monoisotopic (exact) mass is 307 g/mol. The number of nitriles is 1. The number of nitrogens with zero attached hydrogens (tertiary/aromatic N) is 2. The molecule has 0 aliphatic rings. The normalized spacial score (nSPS) is 12.2. The first-order valence-corrected chi connectivity index (χ1v) is 7.41. The van der Waals surface area contributed by atoms with E-state index in [1.54, 1.807) is 6.92 Å². The summed E-state index contributed by atoms with van der Waals surface area (Å²) in [6.45, 7) is 8.30. The second-order valence-electron chi connectivity index (χ2n) is 5.40. The van der Waals surface area contributed by atoms with Crippen LogP contribution in [0.2, 0.25) is 0 Å². The first-order valence-electron chi connectivity index (χ1n) is 7.41. The van der Waals surface area contributed by atoms with Gasteiger partial charge in [0.25, 0.3) is 0 Å². The fraction of sp³-hybridized carbons (Fsp3) is 0.222. The number of aromatic nitrogens is 1. The second kappa shape index (κ2) is 7.32. The van der Waals surface area contributed by atoms with Crippen LogP contribution >= 0.6 is 0 Å². The molecule has 0 saturated heterocycles. The third-order valence-corrected chi connectivity index (χ3v) is 3.63. The SMILES string of the molecule is C=C(N=C/C(C#N)=C(\C)N)NCCc1c[nH]c2c(C)cccc12. The number of aliphatic imine (C=N–C) groups is 1. The Hall–Kier alpha value is -3.00. The summed E-state index contributed by atoms with van der Waals surface area (Å²) in [6, 6.07) is 8.27. The zero-order valence-corrected chi connectivity index (χ0v) is 13.5. The lowest BCUT2D eigenvalue weighted by atomic mass is 10.1. The highest BCUT2D eigenvalue weighted by Gasteiger charge is 2.04. The van der Waals surface area contributed by atoms with Crippen LogP contribution in [0, 0.1) is 18.3 Å². The van der Waals surface area contributed by atoms with E-state index < -0.39 is 0 Å². The minimum absolute atomic E-state index is 0.347. The predicted octanol–water partition coefficient (Wildman–Crippen LogP) is 2.91.